The van der Waals surface area contributed by atoms with Gasteiger partial charge >= 0.3 is 0 Å². The summed E-state index contributed by atoms with van der Waals surface area (Å²) in [5, 5.41) is 12.8. The average Bonchev–Trinajstić information content (AvgIpc) is 2.51. The Morgan fingerprint density at radius 3 is 2.61 bits per heavy atom. The number of fused-ring (bicyclic) bond motifs is 1. The highest BCUT2D eigenvalue weighted by atomic mass is 32.2. The molecule has 0 saturated heterocycles. The zero-order chi connectivity index (χ0) is 16.9. The molecule has 2 rings (SSSR count). The lowest BCUT2D eigenvalue weighted by Gasteiger charge is -2.11. The summed E-state index contributed by atoms with van der Waals surface area (Å²) in [6, 6.07) is 7.50. The highest BCUT2D eigenvalue weighted by Crippen LogP contribution is 2.33. The van der Waals surface area contributed by atoms with Crippen LogP contribution in [0.5, 0.6) is 5.75 Å². The van der Waals surface area contributed by atoms with Gasteiger partial charge in [-0.05, 0) is 29.7 Å². The molecule has 10 heteroatoms. The smallest absolute Gasteiger partial charge is 0.294 e. The molecule has 0 aliphatic heterocycles. The van der Waals surface area contributed by atoms with Crippen molar-refractivity contribution in [3.63, 3.8) is 0 Å². The van der Waals surface area contributed by atoms with E-state index in [2.05, 4.69) is 9.37 Å². The van der Waals surface area contributed by atoms with Gasteiger partial charge in [0.05, 0.1) is 23.5 Å². The van der Waals surface area contributed by atoms with Crippen molar-refractivity contribution in [3.05, 3.63) is 30.3 Å². The minimum atomic E-state index is -4.39. The van der Waals surface area contributed by atoms with Crippen LogP contribution in [0.1, 0.15) is 0 Å². The van der Waals surface area contributed by atoms with Gasteiger partial charge in [0.1, 0.15) is 12.4 Å². The molecule has 126 valence electrons. The fraction of sp³-hybridized carbons (Fsp3) is 0.231. The quantitative estimate of drug-likeness (QED) is 0.240. The lowest BCUT2D eigenvalue weighted by molar-refractivity contribution is -0.432. The predicted octanol–water partition coefficient (Wildman–Crippen LogP) is 2.54. The molecule has 0 radical (unpaired) electrons. The summed E-state index contributed by atoms with van der Waals surface area (Å²) in [5.74, 6) is 0.294. The summed E-state index contributed by atoms with van der Waals surface area (Å²) in [4.78, 5) is 0.251. The molecule has 8 nitrogen and oxygen atoms in total. The van der Waals surface area contributed by atoms with Crippen molar-refractivity contribution in [1.29, 1.82) is 0 Å². The van der Waals surface area contributed by atoms with Crippen molar-refractivity contribution >= 4 is 32.9 Å². The first-order valence-corrected chi connectivity index (χ1v) is 8.45. The summed E-state index contributed by atoms with van der Waals surface area (Å²) >= 11 is 0.731. The highest BCUT2D eigenvalue weighted by Gasteiger charge is 2.15. The Labute approximate surface area is 136 Å². The molecule has 0 amide bonds. The molecule has 0 aliphatic carbocycles. The van der Waals surface area contributed by atoms with Crippen molar-refractivity contribution in [2.75, 3.05) is 20.3 Å². The van der Waals surface area contributed by atoms with Crippen molar-refractivity contribution in [2.24, 2.45) is 0 Å². The third-order valence-corrected chi connectivity index (χ3v) is 4.27. The maximum Gasteiger partial charge on any atom is 0.294 e. The lowest BCUT2D eigenvalue weighted by Crippen LogP contribution is -2.06. The molecule has 0 aliphatic rings. The molecule has 2 N–H and O–H groups in total. The van der Waals surface area contributed by atoms with Gasteiger partial charge in [-0.15, -0.1) is 4.33 Å². The number of ether oxygens (including phenoxy) is 2. The minimum absolute atomic E-state index is 0.221. The lowest BCUT2D eigenvalue weighted by atomic mass is 10.1. The molecule has 0 unspecified atom stereocenters. The van der Waals surface area contributed by atoms with Gasteiger partial charge in [-0.3, -0.25) is 4.55 Å². The zero-order valence-corrected chi connectivity index (χ0v) is 13.6. The number of hydrogen-bond donors (Lipinski definition) is 2. The fourth-order valence-electron chi connectivity index (χ4n) is 1.90. The molecule has 0 fully saturated rings. The molecule has 0 saturated carbocycles. The van der Waals surface area contributed by atoms with Crippen LogP contribution in [0.15, 0.2) is 40.1 Å². The SMILES string of the molecule is COCCOc1cc(S(=O)(=O)O)cc2cc(SOOO)ccc12. The van der Waals surface area contributed by atoms with E-state index in [4.69, 9.17) is 14.7 Å². The first-order valence-electron chi connectivity index (χ1n) is 6.27. The van der Waals surface area contributed by atoms with Crippen molar-refractivity contribution in [2.45, 2.75) is 9.79 Å². The van der Waals surface area contributed by atoms with Crippen LogP contribution in [-0.2, 0) is 24.2 Å². The molecule has 0 spiro atoms. The molecule has 0 aromatic heterocycles. The highest BCUT2D eigenvalue weighted by molar-refractivity contribution is 7.94. The third-order valence-electron chi connectivity index (χ3n) is 2.86. The monoisotopic (exact) mass is 362 g/mol. The van der Waals surface area contributed by atoms with Crippen LogP contribution < -0.4 is 4.74 Å². The summed E-state index contributed by atoms with van der Waals surface area (Å²) in [6.07, 6.45) is 0. The van der Waals surface area contributed by atoms with Gasteiger partial charge in [0, 0.05) is 23.5 Å². The Balaban J connectivity index is 2.48. The normalized spacial score (nSPS) is 11.8. The van der Waals surface area contributed by atoms with E-state index >= 15 is 0 Å². The second kappa shape index (κ2) is 7.93. The standard InChI is InChI=1S/C13H14O8S2/c1-18-4-5-19-13-8-11(23(15,16)17)7-9-6-10(22-21-20-14)2-3-12(9)13/h2-3,6-8,14H,4-5H2,1H3,(H,15,16,17). The summed E-state index contributed by atoms with van der Waals surface area (Å²) in [6.45, 7) is 0.547. The summed E-state index contributed by atoms with van der Waals surface area (Å²) in [7, 11) is -2.87. The third kappa shape index (κ3) is 4.78. The average molecular weight is 362 g/mol. The van der Waals surface area contributed by atoms with Gasteiger partial charge in [-0.1, -0.05) is 5.04 Å². The second-order valence-corrected chi connectivity index (χ2v) is 6.54. The van der Waals surface area contributed by atoms with Gasteiger partial charge in [-0.25, -0.2) is 5.26 Å². The molecular weight excluding hydrogens is 348 g/mol. The summed E-state index contributed by atoms with van der Waals surface area (Å²) in [5.41, 5.74) is 0. The number of hydrogen-bond acceptors (Lipinski definition) is 8. The number of rotatable bonds is 8. The molecule has 0 heterocycles. The second-order valence-electron chi connectivity index (χ2n) is 4.35. The maximum atomic E-state index is 11.4. The Morgan fingerprint density at radius 2 is 1.96 bits per heavy atom. The Kier molecular flexibility index (Phi) is 6.18. The molecule has 2 aromatic carbocycles. The summed E-state index contributed by atoms with van der Waals surface area (Å²) < 4.78 is 46.8. The van der Waals surface area contributed by atoms with E-state index in [1.165, 1.54) is 19.2 Å². The van der Waals surface area contributed by atoms with Crippen LogP contribution in [0.4, 0.5) is 0 Å². The zero-order valence-electron chi connectivity index (χ0n) is 12.0. The van der Waals surface area contributed by atoms with E-state index in [-0.39, 0.29) is 11.5 Å². The van der Waals surface area contributed by atoms with Gasteiger partial charge in [0.25, 0.3) is 10.1 Å². The molecule has 0 atom stereocenters. The van der Waals surface area contributed by atoms with Crippen LogP contribution in [0, 0.1) is 0 Å². The van der Waals surface area contributed by atoms with E-state index < -0.39 is 10.1 Å². The van der Waals surface area contributed by atoms with Crippen LogP contribution in [-0.4, -0.2) is 38.6 Å². The van der Waals surface area contributed by atoms with Gasteiger partial charge in [0.15, 0.2) is 0 Å². The van der Waals surface area contributed by atoms with E-state index in [1.54, 1.807) is 18.2 Å². The van der Waals surface area contributed by atoms with Crippen molar-refractivity contribution in [3.8, 4) is 5.75 Å². The molecular formula is C13H14O8S2. The van der Waals surface area contributed by atoms with E-state index in [0.717, 1.165) is 12.0 Å². The minimum Gasteiger partial charge on any atom is -0.490 e. The van der Waals surface area contributed by atoms with Crippen molar-refractivity contribution in [1.82, 2.24) is 0 Å². The van der Waals surface area contributed by atoms with Gasteiger partial charge in [-0.2, -0.15) is 8.42 Å². The Bertz CT molecular complexity index is 775. The topological polar surface area (TPSA) is 112 Å². The van der Waals surface area contributed by atoms with E-state index in [0.29, 0.717) is 28.0 Å². The van der Waals surface area contributed by atoms with Gasteiger partial charge < -0.3 is 9.47 Å². The maximum absolute atomic E-state index is 11.4. The van der Waals surface area contributed by atoms with Crippen molar-refractivity contribution < 1.29 is 37.1 Å². The van der Waals surface area contributed by atoms with Crippen LogP contribution in [0.3, 0.4) is 0 Å². The predicted molar refractivity (Wildman–Crippen MR) is 81.8 cm³/mol. The Morgan fingerprint density at radius 1 is 1.17 bits per heavy atom. The van der Waals surface area contributed by atoms with Crippen LogP contribution in [0.2, 0.25) is 0 Å². The van der Waals surface area contributed by atoms with E-state index in [9.17, 15) is 13.0 Å². The van der Waals surface area contributed by atoms with E-state index in [1.807, 2.05) is 0 Å². The largest absolute Gasteiger partial charge is 0.490 e. The number of benzene rings is 2. The molecule has 23 heavy (non-hydrogen) atoms. The molecule has 2 aromatic rings. The van der Waals surface area contributed by atoms with Gasteiger partial charge in [0.2, 0.25) is 0 Å². The fourth-order valence-corrected chi connectivity index (χ4v) is 2.84. The first-order chi connectivity index (χ1) is 11.0. The number of methoxy groups -OCH3 is 1. The van der Waals surface area contributed by atoms with Crippen LogP contribution >= 0.6 is 12.0 Å². The first kappa shape index (κ1) is 17.9. The molecule has 0 bridgehead atoms. The Hall–Kier alpha value is -1.40. The van der Waals surface area contributed by atoms with Crippen LogP contribution in [0.25, 0.3) is 10.8 Å².